The summed E-state index contributed by atoms with van der Waals surface area (Å²) in [6, 6.07) is 15.0. The van der Waals surface area contributed by atoms with Gasteiger partial charge in [-0.25, -0.2) is 9.50 Å². The molecule has 0 spiro atoms. The minimum Gasteiger partial charge on any atom is -0.497 e. The zero-order valence-corrected chi connectivity index (χ0v) is 15.6. The molecule has 2 heterocycles. The van der Waals surface area contributed by atoms with Crippen LogP contribution in [-0.4, -0.2) is 28.8 Å². The summed E-state index contributed by atoms with van der Waals surface area (Å²) in [5, 5.41) is 8.32. The molecule has 7 heteroatoms. The second kappa shape index (κ2) is 7.17. The molecule has 4 rings (SSSR count). The Morgan fingerprint density at radius 2 is 1.89 bits per heavy atom. The second-order valence-corrected chi connectivity index (χ2v) is 6.28. The molecule has 2 aromatic heterocycles. The predicted octanol–water partition coefficient (Wildman–Crippen LogP) is 4.81. The smallest absolute Gasteiger partial charge is 0.165 e. The number of nitrogens with one attached hydrogen (secondary N) is 1. The number of methoxy groups -OCH3 is 2. The van der Waals surface area contributed by atoms with Crippen LogP contribution < -0.4 is 14.8 Å². The molecule has 0 aliphatic carbocycles. The maximum absolute atomic E-state index is 6.05. The van der Waals surface area contributed by atoms with Gasteiger partial charge in [-0.15, -0.1) is 0 Å². The van der Waals surface area contributed by atoms with E-state index in [2.05, 4.69) is 10.4 Å². The van der Waals surface area contributed by atoms with Crippen molar-refractivity contribution >= 4 is 28.8 Å². The molecule has 0 amide bonds. The van der Waals surface area contributed by atoms with Gasteiger partial charge < -0.3 is 14.8 Å². The van der Waals surface area contributed by atoms with Crippen LogP contribution in [0.2, 0.25) is 5.02 Å². The van der Waals surface area contributed by atoms with Gasteiger partial charge in [-0.05, 0) is 36.4 Å². The third-order valence-electron chi connectivity index (χ3n) is 4.16. The van der Waals surface area contributed by atoms with Crippen LogP contribution in [-0.2, 0) is 0 Å². The molecule has 4 aromatic rings. The first-order valence-corrected chi connectivity index (χ1v) is 8.65. The summed E-state index contributed by atoms with van der Waals surface area (Å²) in [6.45, 7) is 0. The molecule has 0 radical (unpaired) electrons. The molecule has 27 heavy (non-hydrogen) atoms. The minimum atomic E-state index is 0.661. The van der Waals surface area contributed by atoms with Crippen LogP contribution in [0.25, 0.3) is 16.8 Å². The van der Waals surface area contributed by atoms with E-state index in [9.17, 15) is 0 Å². The zero-order valence-electron chi connectivity index (χ0n) is 14.8. The van der Waals surface area contributed by atoms with E-state index in [1.165, 1.54) is 0 Å². The fraction of sp³-hybridized carbons (Fsp3) is 0.100. The van der Waals surface area contributed by atoms with Gasteiger partial charge in [-0.3, -0.25) is 0 Å². The standard InChI is InChI=1S/C20H17ClN4O2/c1-26-15-6-7-16(18(11-15)27-2)17-12-22-25-9-8-19(24-20(17)25)23-14-5-3-4-13(21)10-14/h3-12H,1-2H3,(H,23,24). The van der Waals surface area contributed by atoms with Crippen molar-refractivity contribution in [2.45, 2.75) is 0 Å². The van der Waals surface area contributed by atoms with Gasteiger partial charge >= 0.3 is 0 Å². The number of ether oxygens (including phenoxy) is 2. The number of halogens is 1. The number of anilines is 2. The average molecular weight is 381 g/mol. The fourth-order valence-electron chi connectivity index (χ4n) is 2.86. The van der Waals surface area contributed by atoms with Gasteiger partial charge in [0.1, 0.15) is 17.3 Å². The predicted molar refractivity (Wildman–Crippen MR) is 106 cm³/mol. The van der Waals surface area contributed by atoms with Gasteiger partial charge in [0.15, 0.2) is 5.65 Å². The third-order valence-corrected chi connectivity index (χ3v) is 4.40. The largest absolute Gasteiger partial charge is 0.497 e. The normalized spacial score (nSPS) is 10.8. The summed E-state index contributed by atoms with van der Waals surface area (Å²) < 4.78 is 12.5. The lowest BCUT2D eigenvalue weighted by Crippen LogP contribution is -1.97. The van der Waals surface area contributed by atoms with Crippen molar-refractivity contribution in [3.63, 3.8) is 0 Å². The number of hydrogen-bond acceptors (Lipinski definition) is 5. The van der Waals surface area contributed by atoms with Gasteiger partial charge in [0.05, 0.1) is 26.0 Å². The van der Waals surface area contributed by atoms with E-state index in [4.69, 9.17) is 26.1 Å². The van der Waals surface area contributed by atoms with Crippen LogP contribution in [0.5, 0.6) is 11.5 Å². The molecule has 6 nitrogen and oxygen atoms in total. The topological polar surface area (TPSA) is 60.7 Å². The van der Waals surface area contributed by atoms with Crippen molar-refractivity contribution in [3.8, 4) is 22.6 Å². The number of rotatable bonds is 5. The third kappa shape index (κ3) is 3.39. The molecule has 1 N–H and O–H groups in total. The lowest BCUT2D eigenvalue weighted by molar-refractivity contribution is 0.395. The lowest BCUT2D eigenvalue weighted by atomic mass is 10.1. The summed E-state index contributed by atoms with van der Waals surface area (Å²) in [7, 11) is 3.25. The highest BCUT2D eigenvalue weighted by Crippen LogP contribution is 2.35. The molecular formula is C20H17ClN4O2. The highest BCUT2D eigenvalue weighted by atomic mass is 35.5. The molecule has 0 saturated carbocycles. The number of benzene rings is 2. The second-order valence-electron chi connectivity index (χ2n) is 5.84. The molecule has 136 valence electrons. The van der Waals surface area contributed by atoms with Gasteiger partial charge in [0, 0.05) is 28.5 Å². The maximum atomic E-state index is 6.05. The first-order chi connectivity index (χ1) is 13.2. The van der Waals surface area contributed by atoms with E-state index in [-0.39, 0.29) is 0 Å². The molecule has 0 aliphatic rings. The van der Waals surface area contributed by atoms with Crippen LogP contribution in [0.15, 0.2) is 60.9 Å². The molecule has 0 saturated heterocycles. The lowest BCUT2D eigenvalue weighted by Gasteiger charge is -2.10. The maximum Gasteiger partial charge on any atom is 0.165 e. The Morgan fingerprint density at radius 1 is 1.00 bits per heavy atom. The van der Waals surface area contributed by atoms with Gasteiger partial charge in [0.25, 0.3) is 0 Å². The highest BCUT2D eigenvalue weighted by Gasteiger charge is 2.14. The minimum absolute atomic E-state index is 0.661. The molecule has 0 unspecified atom stereocenters. The number of hydrogen-bond donors (Lipinski definition) is 1. The SMILES string of the molecule is COc1ccc(-c2cnn3ccc(Nc4cccc(Cl)c4)nc23)c(OC)c1. The van der Waals surface area contributed by atoms with Crippen molar-refractivity contribution in [2.75, 3.05) is 19.5 Å². The number of nitrogens with zero attached hydrogens (tertiary/aromatic N) is 3. The van der Waals surface area contributed by atoms with Crippen molar-refractivity contribution in [1.82, 2.24) is 14.6 Å². The van der Waals surface area contributed by atoms with E-state index >= 15 is 0 Å². The van der Waals surface area contributed by atoms with E-state index in [0.717, 1.165) is 22.6 Å². The summed E-state index contributed by atoms with van der Waals surface area (Å²) in [5.41, 5.74) is 3.33. The van der Waals surface area contributed by atoms with Crippen LogP contribution >= 0.6 is 11.6 Å². The molecule has 2 aromatic carbocycles. The van der Waals surface area contributed by atoms with Gasteiger partial charge in [0.2, 0.25) is 0 Å². The Kier molecular flexibility index (Phi) is 4.56. The average Bonchev–Trinajstić information content (AvgIpc) is 3.10. The number of aromatic nitrogens is 3. The monoisotopic (exact) mass is 380 g/mol. The zero-order chi connectivity index (χ0) is 18.8. The van der Waals surface area contributed by atoms with Crippen molar-refractivity contribution in [3.05, 3.63) is 65.9 Å². The molecule has 0 aliphatic heterocycles. The Hall–Kier alpha value is -3.25. The Labute approximate surface area is 161 Å². The van der Waals surface area contributed by atoms with Crippen LogP contribution in [0.3, 0.4) is 0 Å². The van der Waals surface area contributed by atoms with Crippen LogP contribution in [0.1, 0.15) is 0 Å². The highest BCUT2D eigenvalue weighted by molar-refractivity contribution is 6.30. The molecular weight excluding hydrogens is 364 g/mol. The van der Waals surface area contributed by atoms with E-state index < -0.39 is 0 Å². The quantitative estimate of drug-likeness (QED) is 0.538. The molecule has 0 bridgehead atoms. The molecule has 0 fully saturated rings. The van der Waals surface area contributed by atoms with Crippen molar-refractivity contribution in [1.29, 1.82) is 0 Å². The summed E-state index contributed by atoms with van der Waals surface area (Å²) in [5.74, 6) is 2.11. The Bertz CT molecular complexity index is 1110. The van der Waals surface area contributed by atoms with E-state index in [1.807, 2.05) is 54.7 Å². The van der Waals surface area contributed by atoms with Crippen LogP contribution in [0.4, 0.5) is 11.5 Å². The van der Waals surface area contributed by atoms with E-state index in [1.54, 1.807) is 24.9 Å². The van der Waals surface area contributed by atoms with Crippen molar-refractivity contribution in [2.24, 2.45) is 0 Å². The first-order valence-electron chi connectivity index (χ1n) is 8.27. The Morgan fingerprint density at radius 3 is 2.67 bits per heavy atom. The number of fused-ring (bicyclic) bond motifs is 1. The Balaban J connectivity index is 1.77. The van der Waals surface area contributed by atoms with Crippen LogP contribution in [0, 0.1) is 0 Å². The summed E-state index contributed by atoms with van der Waals surface area (Å²) in [6.07, 6.45) is 3.63. The summed E-state index contributed by atoms with van der Waals surface area (Å²) >= 11 is 6.05. The first kappa shape index (κ1) is 17.2. The fourth-order valence-corrected chi connectivity index (χ4v) is 3.05. The molecule has 0 atom stereocenters. The summed E-state index contributed by atoms with van der Waals surface area (Å²) in [4.78, 5) is 4.71. The van der Waals surface area contributed by atoms with Gasteiger partial charge in [-0.2, -0.15) is 5.10 Å². The van der Waals surface area contributed by atoms with Crippen molar-refractivity contribution < 1.29 is 9.47 Å². The van der Waals surface area contributed by atoms with Gasteiger partial charge in [-0.1, -0.05) is 17.7 Å². The van der Waals surface area contributed by atoms with E-state index in [0.29, 0.717) is 22.2 Å².